The van der Waals surface area contributed by atoms with Gasteiger partial charge < -0.3 is 10.4 Å². The van der Waals surface area contributed by atoms with Gasteiger partial charge in [-0.15, -0.1) is 0 Å². The van der Waals surface area contributed by atoms with Gasteiger partial charge in [-0.3, -0.25) is 9.89 Å². The van der Waals surface area contributed by atoms with Crippen LogP contribution in [-0.4, -0.2) is 36.7 Å². The van der Waals surface area contributed by atoms with Crippen LogP contribution in [0.1, 0.15) is 6.92 Å². The highest BCUT2D eigenvalue weighted by Crippen LogP contribution is 2.20. The number of hydrogen-bond donors (Lipinski definition) is 3. The third kappa shape index (κ3) is 1.97. The highest BCUT2D eigenvalue weighted by Gasteiger charge is 2.14. The van der Waals surface area contributed by atoms with E-state index in [0.29, 0.717) is 16.7 Å². The van der Waals surface area contributed by atoms with E-state index in [1.807, 2.05) is 6.07 Å². The molecule has 0 bridgehead atoms. The lowest BCUT2D eigenvalue weighted by molar-refractivity contribution is -0.137. The van der Waals surface area contributed by atoms with Gasteiger partial charge in [0.2, 0.25) is 5.95 Å². The molecule has 1 atom stereocenters. The predicted octanol–water partition coefficient (Wildman–Crippen LogP) is 1.75. The summed E-state index contributed by atoms with van der Waals surface area (Å²) < 4.78 is 1.67. The number of nitrogens with zero attached hydrogens (tertiary/aromatic N) is 3. The van der Waals surface area contributed by atoms with E-state index in [0.717, 1.165) is 11.0 Å². The first kappa shape index (κ1) is 11.8. The summed E-state index contributed by atoms with van der Waals surface area (Å²) in [6.07, 6.45) is 0. The maximum absolute atomic E-state index is 10.8. The van der Waals surface area contributed by atoms with Gasteiger partial charge in [0.15, 0.2) is 0 Å². The molecule has 2 aromatic heterocycles. The van der Waals surface area contributed by atoms with Crippen LogP contribution < -0.4 is 5.32 Å². The number of aromatic nitrogens is 4. The molecule has 0 amide bonds. The third-order valence-electron chi connectivity index (χ3n) is 2.75. The maximum Gasteiger partial charge on any atom is 0.325 e. The van der Waals surface area contributed by atoms with Gasteiger partial charge in [0.25, 0.3) is 5.78 Å². The number of anilines is 1. The quantitative estimate of drug-likeness (QED) is 0.679. The Kier molecular flexibility index (Phi) is 2.56. The number of nitrogens with one attached hydrogen (secondary N) is 2. The average Bonchev–Trinajstić information content (AvgIpc) is 2.84. The van der Waals surface area contributed by atoms with Crippen molar-refractivity contribution < 1.29 is 9.90 Å². The number of carboxylic acid groups (broad SMARTS) is 1. The van der Waals surface area contributed by atoms with E-state index >= 15 is 0 Å². The van der Waals surface area contributed by atoms with E-state index in [1.165, 1.54) is 6.92 Å². The molecule has 3 aromatic rings. The summed E-state index contributed by atoms with van der Waals surface area (Å²) in [5.74, 6) is -0.141. The van der Waals surface area contributed by atoms with Crippen molar-refractivity contribution in [2.75, 3.05) is 5.32 Å². The Morgan fingerprint density at radius 1 is 1.53 bits per heavy atom. The Bertz CT molecular complexity index is 778. The number of rotatable bonds is 3. The van der Waals surface area contributed by atoms with Crippen LogP contribution >= 0.6 is 11.6 Å². The molecule has 0 spiro atoms. The minimum atomic E-state index is -0.953. The van der Waals surface area contributed by atoms with Crippen molar-refractivity contribution in [3.05, 3.63) is 23.2 Å². The molecule has 1 unspecified atom stereocenters. The lowest BCUT2D eigenvalue weighted by Gasteiger charge is -2.06. The summed E-state index contributed by atoms with van der Waals surface area (Å²) in [6, 6.07) is 4.58. The van der Waals surface area contributed by atoms with Crippen LogP contribution in [0, 0.1) is 0 Å². The number of hydrogen-bond acceptors (Lipinski definition) is 4. The molecule has 98 valence electrons. The van der Waals surface area contributed by atoms with Gasteiger partial charge in [-0.25, -0.2) is 9.50 Å². The molecular weight excluding hydrogens is 270 g/mol. The van der Waals surface area contributed by atoms with Crippen LogP contribution in [0.25, 0.3) is 16.8 Å². The summed E-state index contributed by atoms with van der Waals surface area (Å²) in [6.45, 7) is 1.53. The molecule has 3 N–H and O–H groups in total. The number of aliphatic carboxylic acids is 1. The Labute approximate surface area is 112 Å². The fourth-order valence-corrected chi connectivity index (χ4v) is 1.95. The Morgan fingerprint density at radius 2 is 2.32 bits per heavy atom. The van der Waals surface area contributed by atoms with E-state index in [1.54, 1.807) is 16.6 Å². The van der Waals surface area contributed by atoms with Gasteiger partial charge >= 0.3 is 5.97 Å². The molecule has 0 aliphatic rings. The lowest BCUT2D eigenvalue weighted by atomic mass is 10.3. The van der Waals surface area contributed by atoms with Crippen molar-refractivity contribution in [1.82, 2.24) is 19.6 Å². The molecule has 0 saturated heterocycles. The minimum absolute atomic E-state index is 0.356. The fraction of sp³-hybridized carbons (Fsp3) is 0.182. The number of carboxylic acids is 1. The molecule has 19 heavy (non-hydrogen) atoms. The molecule has 0 fully saturated rings. The van der Waals surface area contributed by atoms with E-state index < -0.39 is 12.0 Å². The van der Waals surface area contributed by atoms with Crippen LogP contribution in [0.5, 0.6) is 0 Å². The van der Waals surface area contributed by atoms with Crippen LogP contribution in [0.3, 0.4) is 0 Å². The SMILES string of the molecule is CC(Nc1nc2nc3cc(Cl)ccc3n2[nH]1)C(=O)O. The van der Waals surface area contributed by atoms with Crippen LogP contribution in [0.4, 0.5) is 5.95 Å². The second-order valence-electron chi connectivity index (χ2n) is 4.16. The topological polar surface area (TPSA) is 95.3 Å². The van der Waals surface area contributed by atoms with Gasteiger partial charge in [0.1, 0.15) is 6.04 Å². The minimum Gasteiger partial charge on any atom is -0.480 e. The van der Waals surface area contributed by atoms with Gasteiger partial charge in [0.05, 0.1) is 11.0 Å². The number of halogens is 1. The van der Waals surface area contributed by atoms with Crippen LogP contribution in [0.15, 0.2) is 18.2 Å². The summed E-state index contributed by atoms with van der Waals surface area (Å²) >= 11 is 5.89. The largest absolute Gasteiger partial charge is 0.480 e. The van der Waals surface area contributed by atoms with Crippen molar-refractivity contribution >= 4 is 40.3 Å². The number of fused-ring (bicyclic) bond motifs is 3. The third-order valence-corrected chi connectivity index (χ3v) is 2.99. The number of H-pyrrole nitrogens is 1. The number of carbonyl (C=O) groups is 1. The van der Waals surface area contributed by atoms with Crippen molar-refractivity contribution in [3.8, 4) is 0 Å². The molecule has 0 saturated carbocycles. The van der Waals surface area contributed by atoms with E-state index in [2.05, 4.69) is 20.4 Å². The zero-order valence-corrected chi connectivity index (χ0v) is 10.6. The van der Waals surface area contributed by atoms with E-state index in [4.69, 9.17) is 16.7 Å². The summed E-state index contributed by atoms with van der Waals surface area (Å²) in [5, 5.41) is 15.1. The molecule has 0 aliphatic heterocycles. The van der Waals surface area contributed by atoms with Crippen molar-refractivity contribution in [1.29, 1.82) is 0 Å². The maximum atomic E-state index is 10.8. The highest BCUT2D eigenvalue weighted by molar-refractivity contribution is 6.31. The average molecular weight is 280 g/mol. The lowest BCUT2D eigenvalue weighted by Crippen LogP contribution is -2.26. The van der Waals surface area contributed by atoms with Crippen molar-refractivity contribution in [2.45, 2.75) is 13.0 Å². The second kappa shape index (κ2) is 4.13. The van der Waals surface area contributed by atoms with E-state index in [-0.39, 0.29) is 0 Å². The first-order chi connectivity index (χ1) is 9.04. The molecule has 1 aromatic carbocycles. The molecule has 2 heterocycles. The highest BCUT2D eigenvalue weighted by atomic mass is 35.5. The molecule has 3 rings (SSSR count). The standard InChI is InChI=1S/C11H10ClN5O2/c1-5(9(18)19)13-10-15-11-14-7-4-6(12)2-3-8(7)17(11)16-10/h2-5H,1H3,(H,18,19)(H2,13,14,15,16). The normalized spacial score (nSPS) is 12.9. The predicted molar refractivity (Wildman–Crippen MR) is 70.6 cm³/mol. The van der Waals surface area contributed by atoms with Gasteiger partial charge in [-0.2, -0.15) is 4.98 Å². The van der Waals surface area contributed by atoms with Gasteiger partial charge in [0, 0.05) is 5.02 Å². The zero-order valence-electron chi connectivity index (χ0n) is 9.88. The molecule has 7 nitrogen and oxygen atoms in total. The first-order valence-electron chi connectivity index (χ1n) is 5.57. The van der Waals surface area contributed by atoms with Crippen molar-refractivity contribution in [3.63, 3.8) is 0 Å². The Balaban J connectivity index is 2.04. The second-order valence-corrected chi connectivity index (χ2v) is 4.59. The van der Waals surface area contributed by atoms with E-state index in [9.17, 15) is 4.79 Å². The van der Waals surface area contributed by atoms with Crippen LogP contribution in [0.2, 0.25) is 5.02 Å². The first-order valence-corrected chi connectivity index (χ1v) is 5.95. The van der Waals surface area contributed by atoms with Gasteiger partial charge in [-0.05, 0) is 25.1 Å². The van der Waals surface area contributed by atoms with Gasteiger partial charge in [-0.1, -0.05) is 11.6 Å². The van der Waals surface area contributed by atoms with Crippen molar-refractivity contribution in [2.24, 2.45) is 0 Å². The molecule has 0 aliphatic carbocycles. The summed E-state index contributed by atoms with van der Waals surface area (Å²) in [5.41, 5.74) is 1.55. The fourth-order valence-electron chi connectivity index (χ4n) is 1.79. The monoisotopic (exact) mass is 279 g/mol. The number of aromatic amines is 1. The molecule has 0 radical (unpaired) electrons. The summed E-state index contributed by atoms with van der Waals surface area (Å²) in [4.78, 5) is 19.2. The smallest absolute Gasteiger partial charge is 0.325 e. The molecule has 8 heteroatoms. The number of benzene rings is 1. The zero-order chi connectivity index (χ0) is 13.6. The molecular formula is C11H10ClN5O2. The summed E-state index contributed by atoms with van der Waals surface area (Å²) in [7, 11) is 0. The number of imidazole rings is 1. The Hall–Kier alpha value is -2.28. The van der Waals surface area contributed by atoms with Crippen LogP contribution in [-0.2, 0) is 4.79 Å². The Morgan fingerprint density at radius 3 is 3.05 bits per heavy atom.